The van der Waals surface area contributed by atoms with E-state index in [1.165, 1.54) is 0 Å². The first-order chi connectivity index (χ1) is 9.72. The van der Waals surface area contributed by atoms with Gasteiger partial charge in [0, 0.05) is 6.54 Å². The smallest absolute Gasteiger partial charge is 0.317 e. The molecule has 1 aromatic carbocycles. The molecular weight excluding hydrogens is 256 g/mol. The molecule has 0 radical (unpaired) electrons. The lowest BCUT2D eigenvalue weighted by molar-refractivity contribution is 0.156. The number of para-hydroxylation sites is 1. The van der Waals surface area contributed by atoms with Crippen LogP contribution in [-0.4, -0.2) is 48.4 Å². The van der Waals surface area contributed by atoms with Gasteiger partial charge in [-0.1, -0.05) is 18.2 Å². The number of hydrogen-bond acceptors (Lipinski definition) is 3. The molecule has 0 saturated carbocycles. The number of carbonyl (C=O) groups excluding carboxylic acids is 1. The molecule has 0 aliphatic carbocycles. The van der Waals surface area contributed by atoms with Crippen molar-refractivity contribution >= 4 is 6.03 Å². The van der Waals surface area contributed by atoms with Gasteiger partial charge in [-0.15, -0.1) is 0 Å². The average molecular weight is 278 g/mol. The highest BCUT2D eigenvalue weighted by Crippen LogP contribution is 2.17. The largest absolute Gasteiger partial charge is 0.491 e. The predicted octanol–water partition coefficient (Wildman–Crippen LogP) is 1.54. The number of benzene rings is 1. The molecule has 0 aromatic heterocycles. The molecule has 1 aliphatic rings. The molecule has 1 heterocycles. The van der Waals surface area contributed by atoms with Gasteiger partial charge in [-0.25, -0.2) is 4.79 Å². The number of urea groups is 1. The normalized spacial score (nSPS) is 18.1. The van der Waals surface area contributed by atoms with E-state index in [4.69, 9.17) is 4.74 Å². The van der Waals surface area contributed by atoms with Crippen molar-refractivity contribution in [2.45, 2.75) is 25.8 Å². The Balaban J connectivity index is 1.71. The van der Waals surface area contributed by atoms with Gasteiger partial charge in [-0.05, 0) is 31.4 Å². The fourth-order valence-electron chi connectivity index (χ4n) is 2.43. The molecular formula is C15H22N2O3. The Morgan fingerprint density at radius 2 is 2.30 bits per heavy atom. The second-order valence-corrected chi connectivity index (χ2v) is 5.02. The van der Waals surface area contributed by atoms with E-state index >= 15 is 0 Å². The van der Waals surface area contributed by atoms with Crippen LogP contribution in [0.2, 0.25) is 0 Å². The lowest BCUT2D eigenvalue weighted by Crippen LogP contribution is -2.45. The molecule has 110 valence electrons. The Kier molecular flexibility index (Phi) is 5.24. The minimum absolute atomic E-state index is 0.0349. The molecule has 2 rings (SSSR count). The molecule has 2 amide bonds. The van der Waals surface area contributed by atoms with Crippen molar-refractivity contribution in [1.82, 2.24) is 10.2 Å². The van der Waals surface area contributed by atoms with Crippen LogP contribution in [0.3, 0.4) is 0 Å². The number of nitrogens with one attached hydrogen (secondary N) is 1. The summed E-state index contributed by atoms with van der Waals surface area (Å²) in [6.45, 7) is 3.64. The molecule has 2 N–H and O–H groups in total. The van der Waals surface area contributed by atoms with Crippen LogP contribution in [0.15, 0.2) is 24.3 Å². The summed E-state index contributed by atoms with van der Waals surface area (Å²) in [6.07, 6.45) is 1.84. The Labute approximate surface area is 119 Å². The first kappa shape index (κ1) is 14.7. The van der Waals surface area contributed by atoms with E-state index in [-0.39, 0.29) is 18.7 Å². The summed E-state index contributed by atoms with van der Waals surface area (Å²) in [5, 5.41) is 12.0. The summed E-state index contributed by atoms with van der Waals surface area (Å²) in [4.78, 5) is 13.6. The van der Waals surface area contributed by atoms with Crippen molar-refractivity contribution < 1.29 is 14.6 Å². The van der Waals surface area contributed by atoms with Crippen molar-refractivity contribution in [3.8, 4) is 5.75 Å². The zero-order chi connectivity index (χ0) is 14.4. The molecule has 1 aromatic rings. The number of hydrogen-bond donors (Lipinski definition) is 2. The van der Waals surface area contributed by atoms with Crippen LogP contribution in [-0.2, 0) is 0 Å². The Hall–Kier alpha value is -1.75. The second-order valence-electron chi connectivity index (χ2n) is 5.02. The van der Waals surface area contributed by atoms with E-state index in [9.17, 15) is 9.90 Å². The molecule has 1 aliphatic heterocycles. The number of carbonyl (C=O) groups is 1. The molecule has 5 nitrogen and oxygen atoms in total. The molecule has 0 spiro atoms. The van der Waals surface area contributed by atoms with E-state index in [1.807, 2.05) is 31.2 Å². The minimum Gasteiger partial charge on any atom is -0.491 e. The number of likely N-dealkylation sites (tertiary alicyclic amines) is 1. The molecule has 1 saturated heterocycles. The highest BCUT2D eigenvalue weighted by atomic mass is 16.5. The number of rotatable bonds is 5. The molecule has 1 fully saturated rings. The Bertz CT molecular complexity index is 450. The van der Waals surface area contributed by atoms with E-state index in [0.717, 1.165) is 30.7 Å². The van der Waals surface area contributed by atoms with Crippen LogP contribution in [0.5, 0.6) is 5.75 Å². The summed E-state index contributed by atoms with van der Waals surface area (Å²) in [7, 11) is 0. The lowest BCUT2D eigenvalue weighted by Gasteiger charge is -2.23. The van der Waals surface area contributed by atoms with Gasteiger partial charge in [-0.2, -0.15) is 0 Å². The SMILES string of the molecule is Cc1ccccc1OCCNC(=O)N1CCC[C@H]1CO. The second kappa shape index (κ2) is 7.14. The Morgan fingerprint density at radius 3 is 3.05 bits per heavy atom. The summed E-state index contributed by atoms with van der Waals surface area (Å²) >= 11 is 0. The van der Waals surface area contributed by atoms with Crippen LogP contribution >= 0.6 is 0 Å². The molecule has 20 heavy (non-hydrogen) atoms. The number of ether oxygens (including phenoxy) is 1. The fraction of sp³-hybridized carbons (Fsp3) is 0.533. The molecule has 0 bridgehead atoms. The third-order valence-corrected chi connectivity index (χ3v) is 3.58. The van der Waals surface area contributed by atoms with Gasteiger partial charge >= 0.3 is 6.03 Å². The quantitative estimate of drug-likeness (QED) is 0.803. The maximum Gasteiger partial charge on any atom is 0.317 e. The zero-order valence-electron chi connectivity index (χ0n) is 11.8. The van der Waals surface area contributed by atoms with Crippen LogP contribution in [0.25, 0.3) is 0 Å². The summed E-state index contributed by atoms with van der Waals surface area (Å²) in [5.74, 6) is 0.844. The van der Waals surface area contributed by atoms with E-state index < -0.39 is 0 Å². The average Bonchev–Trinajstić information content (AvgIpc) is 2.93. The maximum absolute atomic E-state index is 11.9. The first-order valence-corrected chi connectivity index (χ1v) is 7.06. The van der Waals surface area contributed by atoms with E-state index in [0.29, 0.717) is 13.2 Å². The van der Waals surface area contributed by atoms with Gasteiger partial charge in [0.15, 0.2) is 0 Å². The predicted molar refractivity (Wildman–Crippen MR) is 76.9 cm³/mol. The van der Waals surface area contributed by atoms with Crippen molar-refractivity contribution in [3.05, 3.63) is 29.8 Å². The molecule has 0 unspecified atom stereocenters. The number of aryl methyl sites for hydroxylation is 1. The van der Waals surface area contributed by atoms with Crippen molar-refractivity contribution in [1.29, 1.82) is 0 Å². The van der Waals surface area contributed by atoms with Crippen LogP contribution in [0.4, 0.5) is 4.79 Å². The van der Waals surface area contributed by atoms with Gasteiger partial charge in [0.05, 0.1) is 19.2 Å². The standard InChI is InChI=1S/C15H22N2O3/c1-12-5-2-3-7-14(12)20-10-8-16-15(19)17-9-4-6-13(17)11-18/h2-3,5,7,13,18H,4,6,8-11H2,1H3,(H,16,19)/t13-/m0/s1. The molecule has 1 atom stereocenters. The summed E-state index contributed by atoms with van der Waals surface area (Å²) in [5.41, 5.74) is 1.08. The van der Waals surface area contributed by atoms with Crippen LogP contribution in [0.1, 0.15) is 18.4 Å². The lowest BCUT2D eigenvalue weighted by atomic mass is 10.2. The van der Waals surface area contributed by atoms with Gasteiger partial charge in [0.25, 0.3) is 0 Å². The topological polar surface area (TPSA) is 61.8 Å². The summed E-state index contributed by atoms with van der Waals surface area (Å²) < 4.78 is 5.62. The first-order valence-electron chi connectivity index (χ1n) is 7.06. The molecule has 5 heteroatoms. The number of aliphatic hydroxyl groups is 1. The number of nitrogens with zero attached hydrogens (tertiary/aromatic N) is 1. The van der Waals surface area contributed by atoms with Crippen molar-refractivity contribution in [3.63, 3.8) is 0 Å². The van der Waals surface area contributed by atoms with Gasteiger partial charge < -0.3 is 20.1 Å². The summed E-state index contributed by atoms with van der Waals surface area (Å²) in [6, 6.07) is 7.65. The van der Waals surface area contributed by atoms with Crippen LogP contribution in [0, 0.1) is 6.92 Å². The highest BCUT2D eigenvalue weighted by Gasteiger charge is 2.27. The van der Waals surface area contributed by atoms with Crippen molar-refractivity contribution in [2.75, 3.05) is 26.3 Å². The third-order valence-electron chi connectivity index (χ3n) is 3.58. The van der Waals surface area contributed by atoms with Crippen LogP contribution < -0.4 is 10.1 Å². The minimum atomic E-state index is -0.116. The zero-order valence-corrected chi connectivity index (χ0v) is 11.8. The Morgan fingerprint density at radius 1 is 1.50 bits per heavy atom. The van der Waals surface area contributed by atoms with Crippen molar-refractivity contribution in [2.24, 2.45) is 0 Å². The van der Waals surface area contributed by atoms with E-state index in [2.05, 4.69) is 5.32 Å². The van der Waals surface area contributed by atoms with Gasteiger partial charge in [-0.3, -0.25) is 0 Å². The van der Waals surface area contributed by atoms with Gasteiger partial charge in [0.2, 0.25) is 0 Å². The fourth-order valence-corrected chi connectivity index (χ4v) is 2.43. The number of aliphatic hydroxyl groups excluding tert-OH is 1. The van der Waals surface area contributed by atoms with E-state index in [1.54, 1.807) is 4.90 Å². The highest BCUT2D eigenvalue weighted by molar-refractivity contribution is 5.74. The third kappa shape index (κ3) is 3.63. The van der Waals surface area contributed by atoms with Gasteiger partial charge in [0.1, 0.15) is 12.4 Å². The number of amides is 2. The maximum atomic E-state index is 11.9. The monoisotopic (exact) mass is 278 g/mol.